The van der Waals surface area contributed by atoms with Crippen LogP contribution in [0.1, 0.15) is 29.3 Å². The Morgan fingerprint density at radius 1 is 1.16 bits per heavy atom. The van der Waals surface area contributed by atoms with Crippen molar-refractivity contribution < 1.29 is 23.8 Å². The lowest BCUT2D eigenvalue weighted by Crippen LogP contribution is -2.10. The second kappa shape index (κ2) is 7.04. The molecule has 2 aromatic carbocycles. The number of phenolic OH excluding ortho intramolecular Hbond substituents is 1. The van der Waals surface area contributed by atoms with Gasteiger partial charge in [0, 0.05) is 11.6 Å². The Morgan fingerprint density at radius 3 is 2.60 bits per heavy atom. The first kappa shape index (κ1) is 16.5. The maximum absolute atomic E-state index is 12.2. The Morgan fingerprint density at radius 2 is 1.92 bits per heavy atom. The van der Waals surface area contributed by atoms with E-state index in [4.69, 9.17) is 13.9 Å². The number of carbonyl (C=O) groups excluding carboxylic acids is 1. The number of rotatable bonds is 5. The van der Waals surface area contributed by atoms with Gasteiger partial charge in [0.15, 0.2) is 6.10 Å². The van der Waals surface area contributed by atoms with E-state index >= 15 is 0 Å². The highest BCUT2D eigenvalue weighted by atomic mass is 16.6. The van der Waals surface area contributed by atoms with Crippen molar-refractivity contribution in [3.8, 4) is 23.0 Å². The average molecular weight is 340 g/mol. The average Bonchev–Trinajstić information content (AvgIpc) is 3.12. The van der Waals surface area contributed by atoms with Gasteiger partial charge in [-0.1, -0.05) is 18.2 Å². The minimum absolute atomic E-state index is 0.0236. The minimum Gasteiger partial charge on any atom is -0.507 e. The van der Waals surface area contributed by atoms with Crippen molar-refractivity contribution in [1.29, 1.82) is 0 Å². The Kier molecular flexibility index (Phi) is 4.65. The highest BCUT2D eigenvalue weighted by Gasteiger charge is 2.21. The standard InChI is InChI=1S/C18H16N2O5/c1-11(16-19-20-17(25-16)12-6-4-3-5-7-12)24-18(22)14-9-8-13(23-2)10-15(14)21/h3-11,21H,1-2H3. The maximum Gasteiger partial charge on any atom is 0.342 e. The first-order valence-electron chi connectivity index (χ1n) is 7.55. The molecule has 0 aliphatic carbocycles. The molecule has 1 unspecified atom stereocenters. The molecule has 0 amide bonds. The van der Waals surface area contributed by atoms with Crippen molar-refractivity contribution in [2.24, 2.45) is 0 Å². The predicted molar refractivity (Wildman–Crippen MR) is 88.2 cm³/mol. The van der Waals surface area contributed by atoms with Crippen LogP contribution in [0.2, 0.25) is 0 Å². The van der Waals surface area contributed by atoms with Gasteiger partial charge in [-0.3, -0.25) is 0 Å². The molecular formula is C18H16N2O5. The van der Waals surface area contributed by atoms with Gasteiger partial charge in [-0.2, -0.15) is 0 Å². The van der Waals surface area contributed by atoms with Crippen LogP contribution in [0.3, 0.4) is 0 Å². The van der Waals surface area contributed by atoms with E-state index in [2.05, 4.69) is 10.2 Å². The molecule has 1 N–H and O–H groups in total. The Labute approximate surface area is 143 Å². The van der Waals surface area contributed by atoms with Crippen LogP contribution in [-0.2, 0) is 4.74 Å². The molecule has 0 aliphatic heterocycles. The number of esters is 1. The van der Waals surface area contributed by atoms with Crippen LogP contribution >= 0.6 is 0 Å². The smallest absolute Gasteiger partial charge is 0.342 e. The number of aromatic nitrogens is 2. The van der Waals surface area contributed by atoms with Crippen molar-refractivity contribution >= 4 is 5.97 Å². The lowest BCUT2D eigenvalue weighted by Gasteiger charge is -2.11. The zero-order chi connectivity index (χ0) is 17.8. The molecule has 0 bridgehead atoms. The molecule has 3 rings (SSSR count). The molecule has 25 heavy (non-hydrogen) atoms. The summed E-state index contributed by atoms with van der Waals surface area (Å²) in [5, 5.41) is 17.8. The van der Waals surface area contributed by atoms with Crippen molar-refractivity contribution in [2.75, 3.05) is 7.11 Å². The number of hydrogen-bond donors (Lipinski definition) is 1. The molecule has 7 nitrogen and oxygen atoms in total. The van der Waals surface area contributed by atoms with Gasteiger partial charge in [0.1, 0.15) is 17.1 Å². The minimum atomic E-state index is -0.765. The normalized spacial score (nSPS) is 11.8. The second-order valence-electron chi connectivity index (χ2n) is 5.24. The zero-order valence-corrected chi connectivity index (χ0v) is 13.7. The van der Waals surface area contributed by atoms with Gasteiger partial charge >= 0.3 is 5.97 Å². The monoisotopic (exact) mass is 340 g/mol. The molecule has 0 saturated heterocycles. The van der Waals surface area contributed by atoms with Crippen molar-refractivity contribution in [3.05, 3.63) is 60.0 Å². The Balaban J connectivity index is 1.73. The summed E-state index contributed by atoms with van der Waals surface area (Å²) >= 11 is 0. The summed E-state index contributed by atoms with van der Waals surface area (Å²) in [4.78, 5) is 12.2. The van der Waals surface area contributed by atoms with Crippen LogP contribution in [0.15, 0.2) is 52.9 Å². The van der Waals surface area contributed by atoms with Crippen LogP contribution in [-0.4, -0.2) is 28.4 Å². The third-order valence-corrected chi connectivity index (χ3v) is 3.52. The van der Waals surface area contributed by atoms with Gasteiger partial charge in [-0.05, 0) is 31.2 Å². The SMILES string of the molecule is COc1ccc(C(=O)OC(C)c2nnc(-c3ccccc3)o2)c(O)c1. The van der Waals surface area contributed by atoms with Crippen LogP contribution < -0.4 is 4.74 Å². The van der Waals surface area contributed by atoms with Crippen molar-refractivity contribution in [3.63, 3.8) is 0 Å². The van der Waals surface area contributed by atoms with E-state index in [-0.39, 0.29) is 17.2 Å². The lowest BCUT2D eigenvalue weighted by molar-refractivity contribution is 0.0276. The van der Waals surface area contributed by atoms with Crippen LogP contribution in [0, 0.1) is 0 Å². The van der Waals surface area contributed by atoms with E-state index in [9.17, 15) is 9.90 Å². The van der Waals surface area contributed by atoms with Gasteiger partial charge in [-0.25, -0.2) is 4.79 Å². The van der Waals surface area contributed by atoms with Gasteiger partial charge in [0.2, 0.25) is 5.89 Å². The molecule has 0 fully saturated rings. The first-order valence-corrected chi connectivity index (χ1v) is 7.55. The third-order valence-electron chi connectivity index (χ3n) is 3.52. The summed E-state index contributed by atoms with van der Waals surface area (Å²) in [6.45, 7) is 1.61. The van der Waals surface area contributed by atoms with E-state index in [0.29, 0.717) is 11.6 Å². The topological polar surface area (TPSA) is 94.7 Å². The number of benzene rings is 2. The number of carbonyl (C=O) groups is 1. The predicted octanol–water partition coefficient (Wildman–Crippen LogP) is 3.37. The summed E-state index contributed by atoms with van der Waals surface area (Å²) in [7, 11) is 1.47. The summed E-state index contributed by atoms with van der Waals surface area (Å²) in [6.07, 6.45) is -0.765. The molecule has 0 aliphatic rings. The molecule has 1 heterocycles. The van der Waals surface area contributed by atoms with Crippen LogP contribution in [0.4, 0.5) is 0 Å². The molecule has 128 valence electrons. The highest BCUT2D eigenvalue weighted by Crippen LogP contribution is 2.27. The number of aromatic hydroxyl groups is 1. The Hall–Kier alpha value is -3.35. The first-order chi connectivity index (χ1) is 12.1. The fraction of sp³-hybridized carbons (Fsp3) is 0.167. The molecular weight excluding hydrogens is 324 g/mol. The van der Waals surface area contributed by atoms with E-state index < -0.39 is 12.1 Å². The number of phenols is 1. The molecule has 7 heteroatoms. The molecule has 1 atom stereocenters. The summed E-state index contributed by atoms with van der Waals surface area (Å²) in [5.41, 5.74) is 0.794. The fourth-order valence-electron chi connectivity index (χ4n) is 2.18. The van der Waals surface area contributed by atoms with Gasteiger partial charge < -0.3 is 19.0 Å². The Bertz CT molecular complexity index is 876. The van der Waals surface area contributed by atoms with E-state index in [0.717, 1.165) is 5.56 Å². The van der Waals surface area contributed by atoms with E-state index in [1.807, 2.05) is 30.3 Å². The number of nitrogens with zero attached hydrogens (tertiary/aromatic N) is 2. The van der Waals surface area contributed by atoms with Gasteiger partial charge in [-0.15, -0.1) is 10.2 Å². The zero-order valence-electron chi connectivity index (χ0n) is 13.7. The molecule has 1 aromatic heterocycles. The van der Waals surface area contributed by atoms with E-state index in [1.54, 1.807) is 13.0 Å². The van der Waals surface area contributed by atoms with Crippen LogP contribution in [0.25, 0.3) is 11.5 Å². The highest BCUT2D eigenvalue weighted by molar-refractivity contribution is 5.92. The summed E-state index contributed by atoms with van der Waals surface area (Å²) in [5.74, 6) is 0.0108. The summed E-state index contributed by atoms with van der Waals surface area (Å²) < 4.78 is 15.8. The second-order valence-corrected chi connectivity index (χ2v) is 5.24. The maximum atomic E-state index is 12.2. The molecule has 3 aromatic rings. The number of hydrogen-bond acceptors (Lipinski definition) is 7. The fourth-order valence-corrected chi connectivity index (χ4v) is 2.18. The summed E-state index contributed by atoms with van der Waals surface area (Å²) in [6, 6.07) is 13.6. The molecule has 0 radical (unpaired) electrons. The van der Waals surface area contributed by atoms with Gasteiger partial charge in [0.05, 0.1) is 7.11 Å². The molecule has 0 spiro atoms. The number of methoxy groups -OCH3 is 1. The van der Waals surface area contributed by atoms with Crippen molar-refractivity contribution in [1.82, 2.24) is 10.2 Å². The number of ether oxygens (including phenoxy) is 2. The van der Waals surface area contributed by atoms with Crippen molar-refractivity contribution in [2.45, 2.75) is 13.0 Å². The molecule has 0 saturated carbocycles. The van der Waals surface area contributed by atoms with Crippen LogP contribution in [0.5, 0.6) is 11.5 Å². The largest absolute Gasteiger partial charge is 0.507 e. The van der Waals surface area contributed by atoms with Gasteiger partial charge in [0.25, 0.3) is 5.89 Å². The third kappa shape index (κ3) is 3.60. The van der Waals surface area contributed by atoms with E-state index in [1.165, 1.54) is 19.2 Å². The quantitative estimate of drug-likeness (QED) is 0.711. The lowest BCUT2D eigenvalue weighted by atomic mass is 10.2.